The van der Waals surface area contributed by atoms with E-state index in [2.05, 4.69) is 31.3 Å². The minimum atomic E-state index is -1.58. The first-order valence-corrected chi connectivity index (χ1v) is 13.4. The van der Waals surface area contributed by atoms with Crippen LogP contribution in [0.5, 0.6) is 0 Å². The van der Waals surface area contributed by atoms with Crippen molar-refractivity contribution in [2.75, 3.05) is 39.5 Å². The molecular formula is C28H36N6O10. The molecule has 0 saturated carbocycles. The van der Waals surface area contributed by atoms with Crippen LogP contribution in [0.4, 0.5) is 0 Å². The molecule has 0 aliphatic carbocycles. The molecule has 1 atom stereocenters. The van der Waals surface area contributed by atoms with E-state index in [1.165, 1.54) is 12.2 Å². The van der Waals surface area contributed by atoms with Crippen molar-refractivity contribution in [1.82, 2.24) is 31.5 Å². The monoisotopic (exact) mass is 621 g/mol. The van der Waals surface area contributed by atoms with Gasteiger partial charge < -0.3 is 36.4 Å². The van der Waals surface area contributed by atoms with E-state index in [1.54, 1.807) is 0 Å². The lowest BCUT2D eigenvalue weighted by Crippen LogP contribution is -2.52. The summed E-state index contributed by atoms with van der Waals surface area (Å²) in [5.74, 6) is -5.98. The first kappa shape index (κ1) is 27.7. The van der Waals surface area contributed by atoms with E-state index in [9.17, 15) is 38.4 Å². The molecule has 1 aliphatic heterocycles. The second kappa shape index (κ2) is 19.1. The summed E-state index contributed by atoms with van der Waals surface area (Å²) in [5.41, 5.74) is -0.306. The fourth-order valence-electron chi connectivity index (χ4n) is 3.55. The van der Waals surface area contributed by atoms with Crippen molar-refractivity contribution in [2.24, 2.45) is 0 Å². The van der Waals surface area contributed by atoms with E-state index in [-0.39, 0.29) is 18.5 Å². The van der Waals surface area contributed by atoms with Gasteiger partial charge in [0.25, 0.3) is 11.8 Å². The minimum Gasteiger partial charge on any atom is -0.480 e. The number of ether oxygens (including phenoxy) is 1. The van der Waals surface area contributed by atoms with E-state index in [0.29, 0.717) is 19.3 Å². The topological polar surface area (TPSA) is 229 Å². The Morgan fingerprint density at radius 3 is 2.09 bits per heavy atom. The van der Waals surface area contributed by atoms with Gasteiger partial charge in [-0.2, -0.15) is 0 Å². The fraction of sp³-hybridized carbons (Fsp3) is 0.429. The maximum Gasteiger partial charge on any atom is 0.329 e. The van der Waals surface area contributed by atoms with Gasteiger partial charge in [-0.3, -0.25) is 38.5 Å². The number of imide groups is 1. The SMILES string of the molecule is [2H]c1c([2H])c([2H])c(C[C@H](NC(=O)CNC(=O)CNC(=O)CCCCCN2C(=O)C=CC2=O)C(=O)NCC(=O)NCOCC(=O)O)c([2H])c1[2H]. The van der Waals surface area contributed by atoms with Gasteiger partial charge in [-0.25, -0.2) is 4.79 Å². The molecule has 1 aromatic rings. The summed E-state index contributed by atoms with van der Waals surface area (Å²) < 4.78 is 44.4. The Bertz CT molecular complexity index is 1460. The third-order valence-electron chi connectivity index (χ3n) is 5.71. The minimum absolute atomic E-state index is 0.0648. The number of carbonyl (C=O) groups excluding carboxylic acids is 7. The zero-order valence-corrected chi connectivity index (χ0v) is 23.6. The number of benzene rings is 1. The Labute approximate surface area is 259 Å². The van der Waals surface area contributed by atoms with Crippen LogP contribution in [0, 0.1) is 0 Å². The van der Waals surface area contributed by atoms with Crippen molar-refractivity contribution in [2.45, 2.75) is 38.1 Å². The lowest BCUT2D eigenvalue weighted by molar-refractivity contribution is -0.143. The Kier molecular flexibility index (Phi) is 12.0. The number of nitrogens with zero attached hydrogens (tertiary/aromatic N) is 1. The molecule has 16 nitrogen and oxygen atoms in total. The Morgan fingerprint density at radius 1 is 0.795 bits per heavy atom. The average molecular weight is 622 g/mol. The molecule has 6 N–H and O–H groups in total. The smallest absolute Gasteiger partial charge is 0.329 e. The maximum absolute atomic E-state index is 13.0. The molecule has 0 radical (unpaired) electrons. The van der Waals surface area contributed by atoms with Crippen LogP contribution in [0.3, 0.4) is 0 Å². The van der Waals surface area contributed by atoms with Crippen LogP contribution in [-0.2, 0) is 49.5 Å². The van der Waals surface area contributed by atoms with E-state index in [4.69, 9.17) is 12.0 Å². The third-order valence-corrected chi connectivity index (χ3v) is 5.71. The van der Waals surface area contributed by atoms with Crippen LogP contribution >= 0.6 is 0 Å². The quantitative estimate of drug-likeness (QED) is 0.0519. The van der Waals surface area contributed by atoms with Gasteiger partial charge in [0.1, 0.15) is 19.4 Å². The number of unbranched alkanes of at least 4 members (excludes halogenated alkanes) is 2. The normalized spacial score (nSPS) is 14.4. The average Bonchev–Trinajstić information content (AvgIpc) is 3.38. The molecule has 16 heteroatoms. The zero-order chi connectivity index (χ0) is 36.7. The van der Waals surface area contributed by atoms with Crippen molar-refractivity contribution in [3.63, 3.8) is 0 Å². The van der Waals surface area contributed by atoms with E-state index in [0.717, 1.165) is 4.90 Å². The van der Waals surface area contributed by atoms with Gasteiger partial charge in [-0.1, -0.05) is 36.6 Å². The molecular weight excluding hydrogens is 580 g/mol. The molecule has 7 amide bonds. The van der Waals surface area contributed by atoms with Gasteiger partial charge in [0.05, 0.1) is 26.5 Å². The van der Waals surface area contributed by atoms with Crippen molar-refractivity contribution in [3.8, 4) is 0 Å². The lowest BCUT2D eigenvalue weighted by atomic mass is 10.1. The van der Waals surface area contributed by atoms with Crippen LogP contribution in [-0.4, -0.2) is 103 Å². The first-order valence-electron chi connectivity index (χ1n) is 15.9. The zero-order valence-electron chi connectivity index (χ0n) is 28.6. The predicted molar refractivity (Wildman–Crippen MR) is 152 cm³/mol. The summed E-state index contributed by atoms with van der Waals surface area (Å²) in [6, 6.07) is -4.85. The van der Waals surface area contributed by atoms with Crippen LogP contribution in [0.1, 0.15) is 38.1 Å². The largest absolute Gasteiger partial charge is 0.480 e. The molecule has 1 aromatic carbocycles. The highest BCUT2D eigenvalue weighted by molar-refractivity contribution is 6.12. The first-order chi connectivity index (χ1) is 23.1. The molecule has 1 heterocycles. The van der Waals surface area contributed by atoms with Crippen molar-refractivity contribution in [1.29, 1.82) is 0 Å². The molecule has 0 unspecified atom stereocenters. The Morgan fingerprint density at radius 2 is 1.41 bits per heavy atom. The highest BCUT2D eigenvalue weighted by Crippen LogP contribution is 2.08. The van der Waals surface area contributed by atoms with Crippen LogP contribution < -0.4 is 26.6 Å². The number of carbonyl (C=O) groups is 8. The van der Waals surface area contributed by atoms with E-state index in [1.807, 2.05) is 0 Å². The van der Waals surface area contributed by atoms with Crippen LogP contribution in [0.2, 0.25) is 0 Å². The summed E-state index contributed by atoms with van der Waals surface area (Å²) in [4.78, 5) is 96.5. The summed E-state index contributed by atoms with van der Waals surface area (Å²) in [6.45, 7) is -2.76. The van der Waals surface area contributed by atoms with Crippen molar-refractivity contribution >= 4 is 47.3 Å². The molecule has 0 fully saturated rings. The maximum atomic E-state index is 13.0. The van der Waals surface area contributed by atoms with E-state index < -0.39 is 123 Å². The Balaban J connectivity index is 1.88. The number of rotatable bonds is 20. The number of carboxylic acid groups (broad SMARTS) is 1. The third kappa shape index (κ3) is 14.2. The molecule has 238 valence electrons. The van der Waals surface area contributed by atoms with Crippen LogP contribution in [0.15, 0.2) is 42.4 Å². The van der Waals surface area contributed by atoms with Gasteiger partial charge in [0.2, 0.25) is 29.5 Å². The summed E-state index contributed by atoms with van der Waals surface area (Å²) >= 11 is 0. The second-order valence-electron chi connectivity index (χ2n) is 9.16. The molecule has 44 heavy (non-hydrogen) atoms. The van der Waals surface area contributed by atoms with Gasteiger partial charge in [-0.05, 0) is 18.4 Å². The fourth-order valence-corrected chi connectivity index (χ4v) is 3.55. The predicted octanol–water partition coefficient (Wildman–Crippen LogP) is -2.28. The van der Waals surface area contributed by atoms with Gasteiger partial charge in [-0.15, -0.1) is 0 Å². The standard InChI is InChI=1S/C28H36N6O10/c35-21(9-5-2-6-12-34-25(39)10-11-26(34)40)29-14-22(36)30-16-24(38)33-20(13-19-7-3-1-4-8-19)28(43)31-15-23(37)32-18-44-17-27(41)42/h1,3-4,7-8,10-11,20H,2,5-6,9,12-18H2,(H,29,35)(H,30,36)(H,31,43)(H,32,37)(H,33,38)(H,41,42)/t20-/m0/s1/i1D,3D,4D,7D,8D. The van der Waals surface area contributed by atoms with Crippen molar-refractivity contribution in [3.05, 3.63) is 47.9 Å². The molecule has 0 aromatic heterocycles. The van der Waals surface area contributed by atoms with Gasteiger partial charge in [0, 0.05) is 31.5 Å². The highest BCUT2D eigenvalue weighted by atomic mass is 16.5. The number of hydrogen-bond acceptors (Lipinski definition) is 9. The van der Waals surface area contributed by atoms with Gasteiger partial charge in [0.15, 0.2) is 0 Å². The number of hydrogen-bond donors (Lipinski definition) is 6. The number of aliphatic carboxylic acids is 1. The molecule has 2 rings (SSSR count). The van der Waals surface area contributed by atoms with E-state index >= 15 is 0 Å². The summed E-state index contributed by atoms with van der Waals surface area (Å²) in [5, 5.41) is 19.9. The molecule has 0 saturated heterocycles. The second-order valence-corrected chi connectivity index (χ2v) is 9.16. The summed E-state index contributed by atoms with van der Waals surface area (Å²) in [7, 11) is 0. The molecule has 0 spiro atoms. The van der Waals surface area contributed by atoms with Crippen molar-refractivity contribution < 1.29 is 55.1 Å². The number of amides is 7. The molecule has 1 aliphatic rings. The summed E-state index contributed by atoms with van der Waals surface area (Å²) in [6.07, 6.45) is 3.30. The number of nitrogens with one attached hydrogen (secondary N) is 5. The van der Waals surface area contributed by atoms with Gasteiger partial charge >= 0.3 is 5.97 Å². The Hall–Kier alpha value is -5.12. The lowest BCUT2D eigenvalue weighted by Gasteiger charge is -2.19. The molecule has 0 bridgehead atoms. The highest BCUT2D eigenvalue weighted by Gasteiger charge is 2.23. The number of carboxylic acids is 1. The van der Waals surface area contributed by atoms with Crippen LogP contribution in [0.25, 0.3) is 0 Å².